The number of hydrogen-bond acceptors (Lipinski definition) is 5. The predicted molar refractivity (Wildman–Crippen MR) is 88.0 cm³/mol. The third-order valence-electron chi connectivity index (χ3n) is 4.07. The highest BCUT2D eigenvalue weighted by Gasteiger charge is 2.33. The number of benzene rings is 1. The Labute approximate surface area is 141 Å². The second kappa shape index (κ2) is 8.54. The molecule has 1 heterocycles. The Hall–Kier alpha value is -2.28. The van der Waals surface area contributed by atoms with Gasteiger partial charge < -0.3 is 24.4 Å². The van der Waals surface area contributed by atoms with Crippen LogP contribution < -0.4 is 14.8 Å². The van der Waals surface area contributed by atoms with Crippen LogP contribution in [0.2, 0.25) is 0 Å². The summed E-state index contributed by atoms with van der Waals surface area (Å²) in [6, 6.07) is 5.49. The smallest absolute Gasteiger partial charge is 0.225 e. The molecule has 2 rings (SSSR count). The van der Waals surface area contributed by atoms with Gasteiger partial charge in [-0.1, -0.05) is 6.07 Å². The van der Waals surface area contributed by atoms with Gasteiger partial charge in [-0.05, 0) is 17.7 Å². The lowest BCUT2D eigenvalue weighted by Gasteiger charge is -2.16. The molecule has 1 aliphatic heterocycles. The number of nitrogens with one attached hydrogen (secondary N) is 1. The summed E-state index contributed by atoms with van der Waals surface area (Å²) in [4.78, 5) is 25.8. The SMILES string of the molecule is COCCN1CC(C(=O)NCc2ccc(OC)c(OC)c2)CC1=O. The topological polar surface area (TPSA) is 77.1 Å². The van der Waals surface area contributed by atoms with Crippen molar-refractivity contribution < 1.29 is 23.8 Å². The first kappa shape index (κ1) is 18.1. The number of nitrogens with zero attached hydrogens (tertiary/aromatic N) is 1. The summed E-state index contributed by atoms with van der Waals surface area (Å²) in [7, 11) is 4.73. The van der Waals surface area contributed by atoms with Crippen LogP contribution in [0.5, 0.6) is 11.5 Å². The molecule has 1 atom stereocenters. The van der Waals surface area contributed by atoms with Gasteiger partial charge in [0.1, 0.15) is 0 Å². The maximum atomic E-state index is 12.3. The fraction of sp³-hybridized carbons (Fsp3) is 0.529. The van der Waals surface area contributed by atoms with Gasteiger partial charge in [-0.2, -0.15) is 0 Å². The monoisotopic (exact) mass is 336 g/mol. The van der Waals surface area contributed by atoms with Crippen molar-refractivity contribution in [1.82, 2.24) is 10.2 Å². The number of ether oxygens (including phenoxy) is 3. The Morgan fingerprint density at radius 2 is 2.00 bits per heavy atom. The van der Waals surface area contributed by atoms with Crippen molar-refractivity contribution in [2.75, 3.05) is 41.0 Å². The Bertz CT molecular complexity index is 590. The molecule has 0 aliphatic carbocycles. The molecule has 0 bridgehead atoms. The quantitative estimate of drug-likeness (QED) is 0.760. The van der Waals surface area contributed by atoms with Crippen molar-refractivity contribution in [3.05, 3.63) is 23.8 Å². The third kappa shape index (κ3) is 4.38. The van der Waals surface area contributed by atoms with Crippen LogP contribution in [-0.2, 0) is 20.9 Å². The highest BCUT2D eigenvalue weighted by molar-refractivity contribution is 5.89. The van der Waals surface area contributed by atoms with Gasteiger partial charge in [-0.3, -0.25) is 9.59 Å². The number of methoxy groups -OCH3 is 3. The standard InChI is InChI=1S/C17H24N2O5/c1-22-7-6-19-11-13(9-16(19)20)17(21)18-10-12-4-5-14(23-2)15(8-12)24-3/h4-5,8,13H,6-7,9-11H2,1-3H3,(H,18,21). The Morgan fingerprint density at radius 3 is 2.67 bits per heavy atom. The summed E-state index contributed by atoms with van der Waals surface area (Å²) in [6.45, 7) is 1.82. The molecule has 132 valence electrons. The fourth-order valence-electron chi connectivity index (χ4n) is 2.69. The minimum Gasteiger partial charge on any atom is -0.493 e. The molecule has 1 aromatic carbocycles. The van der Waals surface area contributed by atoms with Crippen LogP contribution in [0.3, 0.4) is 0 Å². The van der Waals surface area contributed by atoms with Gasteiger partial charge in [0.2, 0.25) is 11.8 Å². The molecule has 1 aliphatic rings. The van der Waals surface area contributed by atoms with E-state index in [1.54, 1.807) is 32.3 Å². The molecule has 24 heavy (non-hydrogen) atoms. The number of hydrogen-bond donors (Lipinski definition) is 1. The van der Waals surface area contributed by atoms with Gasteiger partial charge in [0.15, 0.2) is 11.5 Å². The molecule has 1 fully saturated rings. The van der Waals surface area contributed by atoms with E-state index >= 15 is 0 Å². The van der Waals surface area contributed by atoms with Gasteiger partial charge in [-0.15, -0.1) is 0 Å². The molecule has 1 N–H and O–H groups in total. The van der Waals surface area contributed by atoms with Crippen molar-refractivity contribution in [1.29, 1.82) is 0 Å². The molecule has 7 heteroatoms. The third-order valence-corrected chi connectivity index (χ3v) is 4.07. The predicted octanol–water partition coefficient (Wildman–Crippen LogP) is 0.815. The van der Waals surface area contributed by atoms with Crippen molar-refractivity contribution >= 4 is 11.8 Å². The molecule has 7 nitrogen and oxygen atoms in total. The molecule has 0 saturated carbocycles. The zero-order valence-electron chi connectivity index (χ0n) is 14.3. The molecular weight excluding hydrogens is 312 g/mol. The molecule has 1 saturated heterocycles. The largest absolute Gasteiger partial charge is 0.493 e. The van der Waals surface area contributed by atoms with E-state index < -0.39 is 0 Å². The second-order valence-corrected chi connectivity index (χ2v) is 5.64. The summed E-state index contributed by atoms with van der Waals surface area (Å²) in [5.74, 6) is 0.833. The van der Waals surface area contributed by atoms with E-state index in [0.29, 0.717) is 37.7 Å². The zero-order chi connectivity index (χ0) is 17.5. The van der Waals surface area contributed by atoms with E-state index in [0.717, 1.165) is 5.56 Å². The average Bonchev–Trinajstić information content (AvgIpc) is 2.98. The number of carbonyl (C=O) groups is 2. The minimum absolute atomic E-state index is 0.00156. The normalized spacial score (nSPS) is 17.0. The zero-order valence-corrected chi connectivity index (χ0v) is 14.3. The van der Waals surface area contributed by atoms with Crippen molar-refractivity contribution in [3.8, 4) is 11.5 Å². The van der Waals surface area contributed by atoms with Gasteiger partial charge >= 0.3 is 0 Å². The summed E-state index contributed by atoms with van der Waals surface area (Å²) >= 11 is 0. The number of amides is 2. The molecule has 0 aromatic heterocycles. The molecule has 2 amide bonds. The lowest BCUT2D eigenvalue weighted by atomic mass is 10.1. The van der Waals surface area contributed by atoms with Gasteiger partial charge in [0, 0.05) is 33.2 Å². The maximum absolute atomic E-state index is 12.3. The van der Waals surface area contributed by atoms with Crippen LogP contribution in [0.25, 0.3) is 0 Å². The van der Waals surface area contributed by atoms with Crippen LogP contribution >= 0.6 is 0 Å². The summed E-state index contributed by atoms with van der Waals surface area (Å²) in [5, 5.41) is 2.88. The van der Waals surface area contributed by atoms with E-state index in [1.807, 2.05) is 12.1 Å². The average molecular weight is 336 g/mol. The molecule has 0 radical (unpaired) electrons. The Kier molecular flexibility index (Phi) is 6.43. The first-order chi connectivity index (χ1) is 11.6. The van der Waals surface area contributed by atoms with E-state index in [1.165, 1.54) is 0 Å². The summed E-state index contributed by atoms with van der Waals surface area (Å²) in [5.41, 5.74) is 0.904. The number of carbonyl (C=O) groups excluding carboxylic acids is 2. The first-order valence-electron chi connectivity index (χ1n) is 7.84. The highest BCUT2D eigenvalue weighted by atomic mass is 16.5. The fourth-order valence-corrected chi connectivity index (χ4v) is 2.69. The summed E-state index contributed by atoms with van der Waals surface area (Å²) < 4.78 is 15.4. The molecule has 0 spiro atoms. The highest BCUT2D eigenvalue weighted by Crippen LogP contribution is 2.27. The van der Waals surface area contributed by atoms with Crippen LogP contribution in [0, 0.1) is 5.92 Å². The van der Waals surface area contributed by atoms with E-state index in [4.69, 9.17) is 14.2 Å². The van der Waals surface area contributed by atoms with Crippen LogP contribution in [-0.4, -0.2) is 57.7 Å². The second-order valence-electron chi connectivity index (χ2n) is 5.64. The number of rotatable bonds is 8. The Balaban J connectivity index is 1.88. The van der Waals surface area contributed by atoms with Crippen molar-refractivity contribution in [2.45, 2.75) is 13.0 Å². The van der Waals surface area contributed by atoms with Gasteiger partial charge in [-0.25, -0.2) is 0 Å². The van der Waals surface area contributed by atoms with Crippen LogP contribution in [0.15, 0.2) is 18.2 Å². The van der Waals surface area contributed by atoms with Crippen molar-refractivity contribution in [3.63, 3.8) is 0 Å². The maximum Gasteiger partial charge on any atom is 0.225 e. The first-order valence-corrected chi connectivity index (χ1v) is 7.84. The van der Waals surface area contributed by atoms with Crippen molar-refractivity contribution in [2.24, 2.45) is 5.92 Å². The van der Waals surface area contributed by atoms with E-state index in [-0.39, 0.29) is 24.2 Å². The van der Waals surface area contributed by atoms with E-state index in [9.17, 15) is 9.59 Å². The van der Waals surface area contributed by atoms with Crippen LogP contribution in [0.4, 0.5) is 0 Å². The molecular formula is C17H24N2O5. The molecule has 1 aromatic rings. The van der Waals surface area contributed by atoms with Gasteiger partial charge in [0.05, 0.1) is 26.7 Å². The van der Waals surface area contributed by atoms with Crippen LogP contribution in [0.1, 0.15) is 12.0 Å². The van der Waals surface area contributed by atoms with E-state index in [2.05, 4.69) is 5.32 Å². The lowest BCUT2D eigenvalue weighted by molar-refractivity contribution is -0.129. The lowest BCUT2D eigenvalue weighted by Crippen LogP contribution is -2.33. The summed E-state index contributed by atoms with van der Waals surface area (Å²) in [6.07, 6.45) is 0.251. The molecule has 1 unspecified atom stereocenters. The van der Waals surface area contributed by atoms with Gasteiger partial charge in [0.25, 0.3) is 0 Å². The Morgan fingerprint density at radius 1 is 1.25 bits per heavy atom. The number of likely N-dealkylation sites (tertiary alicyclic amines) is 1. The minimum atomic E-state index is -0.311.